The van der Waals surface area contributed by atoms with E-state index in [1.807, 2.05) is 19.1 Å². The number of carbonyl (C=O) groups excluding carboxylic acids is 1. The Labute approximate surface area is 148 Å². The van der Waals surface area contributed by atoms with Crippen LogP contribution in [0, 0.1) is 0 Å². The van der Waals surface area contributed by atoms with Gasteiger partial charge in [0.1, 0.15) is 11.4 Å². The Kier molecular flexibility index (Phi) is 6.01. The maximum Gasteiger partial charge on any atom is 0.274 e. The second-order valence-corrected chi connectivity index (χ2v) is 6.30. The lowest BCUT2D eigenvalue weighted by Crippen LogP contribution is -2.21. The van der Waals surface area contributed by atoms with E-state index >= 15 is 0 Å². The third-order valence-corrected chi connectivity index (χ3v) is 4.44. The molecule has 1 amide bonds. The molecule has 5 heteroatoms. The first-order valence-corrected chi connectivity index (χ1v) is 8.97. The Morgan fingerprint density at radius 2 is 2.12 bits per heavy atom. The number of anilines is 1. The topological polar surface area (TPSA) is 63.2 Å². The van der Waals surface area contributed by atoms with Gasteiger partial charge >= 0.3 is 0 Å². The fourth-order valence-corrected chi connectivity index (χ4v) is 3.06. The number of hydrogen-bond donors (Lipinski definition) is 2. The van der Waals surface area contributed by atoms with Crippen LogP contribution < -0.4 is 15.4 Å². The molecule has 1 fully saturated rings. The third kappa shape index (κ3) is 5.03. The van der Waals surface area contributed by atoms with Gasteiger partial charge in [0, 0.05) is 11.7 Å². The van der Waals surface area contributed by atoms with Crippen LogP contribution in [-0.2, 0) is 6.42 Å². The number of hydrogen-bond acceptors (Lipinski definition) is 4. The number of ether oxygens (including phenoxy) is 1. The molecule has 1 aromatic heterocycles. The lowest BCUT2D eigenvalue weighted by Gasteiger charge is -2.10. The molecule has 2 heterocycles. The monoisotopic (exact) mass is 339 g/mol. The highest BCUT2D eigenvalue weighted by Crippen LogP contribution is 2.16. The Morgan fingerprint density at radius 1 is 1.28 bits per heavy atom. The molecule has 3 rings (SSSR count). The molecular formula is C20H25N3O2. The van der Waals surface area contributed by atoms with Crippen molar-refractivity contribution in [2.75, 3.05) is 18.5 Å². The van der Waals surface area contributed by atoms with Crippen molar-refractivity contribution >= 4 is 11.6 Å². The zero-order valence-corrected chi connectivity index (χ0v) is 14.6. The van der Waals surface area contributed by atoms with Crippen LogP contribution in [0.15, 0.2) is 42.6 Å². The molecule has 0 saturated carbocycles. The molecule has 5 nitrogen and oxygen atoms in total. The van der Waals surface area contributed by atoms with Crippen molar-refractivity contribution in [1.82, 2.24) is 10.3 Å². The van der Waals surface area contributed by atoms with E-state index in [-0.39, 0.29) is 5.91 Å². The summed E-state index contributed by atoms with van der Waals surface area (Å²) < 4.78 is 5.33. The van der Waals surface area contributed by atoms with E-state index in [0.717, 1.165) is 18.7 Å². The van der Waals surface area contributed by atoms with Gasteiger partial charge in [-0.3, -0.25) is 4.79 Å². The smallest absolute Gasteiger partial charge is 0.274 e. The Hall–Kier alpha value is -2.40. The van der Waals surface area contributed by atoms with E-state index in [9.17, 15) is 4.79 Å². The summed E-state index contributed by atoms with van der Waals surface area (Å²) in [7, 11) is 0. The molecule has 2 N–H and O–H groups in total. The summed E-state index contributed by atoms with van der Waals surface area (Å²) in [5, 5.41) is 6.40. The summed E-state index contributed by atoms with van der Waals surface area (Å²) in [6.07, 6.45) is 6.37. The van der Waals surface area contributed by atoms with Gasteiger partial charge in [-0.05, 0) is 69.0 Å². The molecule has 0 unspecified atom stereocenters. The molecule has 0 spiro atoms. The summed E-state index contributed by atoms with van der Waals surface area (Å²) in [4.78, 5) is 16.4. The van der Waals surface area contributed by atoms with Gasteiger partial charge in [-0.1, -0.05) is 12.1 Å². The molecule has 2 aromatic rings. The quantitative estimate of drug-likeness (QED) is 0.811. The minimum atomic E-state index is -0.217. The van der Waals surface area contributed by atoms with Gasteiger partial charge in [0.25, 0.3) is 5.91 Å². The number of aromatic nitrogens is 1. The maximum absolute atomic E-state index is 12.2. The molecule has 1 aliphatic heterocycles. The predicted octanol–water partition coefficient (Wildman–Crippen LogP) is 3.42. The van der Waals surface area contributed by atoms with E-state index in [0.29, 0.717) is 24.1 Å². The molecule has 132 valence electrons. The second-order valence-electron chi connectivity index (χ2n) is 6.30. The first-order chi connectivity index (χ1) is 12.2. The van der Waals surface area contributed by atoms with Crippen LogP contribution in [0.25, 0.3) is 0 Å². The molecule has 1 aromatic carbocycles. The number of aryl methyl sites for hydroxylation is 1. The van der Waals surface area contributed by atoms with Crippen LogP contribution >= 0.6 is 0 Å². The highest BCUT2D eigenvalue weighted by Gasteiger charge is 2.13. The van der Waals surface area contributed by atoms with Crippen LogP contribution in [0.3, 0.4) is 0 Å². The first-order valence-electron chi connectivity index (χ1n) is 8.97. The van der Waals surface area contributed by atoms with E-state index < -0.39 is 0 Å². The lowest BCUT2D eigenvalue weighted by atomic mass is 10.0. The van der Waals surface area contributed by atoms with Crippen molar-refractivity contribution in [3.63, 3.8) is 0 Å². The summed E-state index contributed by atoms with van der Waals surface area (Å²) in [6.45, 7) is 3.64. The molecule has 0 aliphatic carbocycles. The number of nitrogens with one attached hydrogen (secondary N) is 2. The fourth-order valence-electron chi connectivity index (χ4n) is 3.06. The highest BCUT2D eigenvalue weighted by molar-refractivity contribution is 6.02. The lowest BCUT2D eigenvalue weighted by molar-refractivity contribution is 0.102. The number of benzene rings is 1. The number of rotatable bonds is 7. The largest absolute Gasteiger partial charge is 0.492 e. The van der Waals surface area contributed by atoms with Gasteiger partial charge in [0.05, 0.1) is 12.8 Å². The van der Waals surface area contributed by atoms with Crippen molar-refractivity contribution in [3.05, 3.63) is 53.9 Å². The van der Waals surface area contributed by atoms with E-state index in [4.69, 9.17) is 4.74 Å². The average molecular weight is 339 g/mol. The van der Waals surface area contributed by atoms with Crippen LogP contribution in [0.1, 0.15) is 42.2 Å². The van der Waals surface area contributed by atoms with Gasteiger partial charge in [-0.15, -0.1) is 0 Å². The van der Waals surface area contributed by atoms with Crippen molar-refractivity contribution in [2.24, 2.45) is 0 Å². The number of amides is 1. The van der Waals surface area contributed by atoms with Crippen LogP contribution in [-0.4, -0.2) is 30.1 Å². The normalized spacial score (nSPS) is 16.6. The summed E-state index contributed by atoms with van der Waals surface area (Å²) in [6, 6.07) is 12.1. The van der Waals surface area contributed by atoms with Gasteiger partial charge in [-0.25, -0.2) is 4.98 Å². The molecular weight excluding hydrogens is 314 g/mol. The van der Waals surface area contributed by atoms with E-state index in [2.05, 4.69) is 27.8 Å². The minimum absolute atomic E-state index is 0.217. The van der Waals surface area contributed by atoms with Crippen LogP contribution in [0.5, 0.6) is 5.75 Å². The van der Waals surface area contributed by atoms with E-state index in [1.165, 1.54) is 24.8 Å². The van der Waals surface area contributed by atoms with E-state index in [1.54, 1.807) is 18.3 Å². The summed E-state index contributed by atoms with van der Waals surface area (Å²) in [5.74, 6) is 0.450. The summed E-state index contributed by atoms with van der Waals surface area (Å²) in [5.41, 5.74) is 2.45. The van der Waals surface area contributed by atoms with Crippen molar-refractivity contribution in [3.8, 4) is 5.75 Å². The Balaban J connectivity index is 1.52. The van der Waals surface area contributed by atoms with Crippen LogP contribution in [0.2, 0.25) is 0 Å². The molecule has 0 radical (unpaired) electrons. The molecule has 1 saturated heterocycles. The average Bonchev–Trinajstić information content (AvgIpc) is 3.15. The van der Waals surface area contributed by atoms with Crippen LogP contribution in [0.4, 0.5) is 5.69 Å². The zero-order chi connectivity index (χ0) is 17.5. The standard InChI is InChI=1S/C20H25N3O2/c1-2-25-18-11-12-19(22-14-18)20(24)23-17-9-6-15(7-10-17)5-8-16-4-3-13-21-16/h6-7,9-12,14,16,21H,2-5,8,13H2,1H3,(H,23,24)/t16-/m1/s1. The van der Waals surface area contributed by atoms with Gasteiger partial charge < -0.3 is 15.4 Å². The Morgan fingerprint density at radius 3 is 2.76 bits per heavy atom. The number of nitrogens with zero attached hydrogens (tertiary/aromatic N) is 1. The third-order valence-electron chi connectivity index (χ3n) is 4.44. The highest BCUT2D eigenvalue weighted by atomic mass is 16.5. The first kappa shape index (κ1) is 17.4. The van der Waals surface area contributed by atoms with Crippen molar-refractivity contribution in [2.45, 2.75) is 38.6 Å². The molecule has 1 aliphatic rings. The minimum Gasteiger partial charge on any atom is -0.492 e. The molecule has 25 heavy (non-hydrogen) atoms. The molecule has 0 bridgehead atoms. The van der Waals surface area contributed by atoms with Gasteiger partial charge in [0.15, 0.2) is 0 Å². The van der Waals surface area contributed by atoms with Crippen molar-refractivity contribution in [1.29, 1.82) is 0 Å². The van der Waals surface area contributed by atoms with Crippen molar-refractivity contribution < 1.29 is 9.53 Å². The summed E-state index contributed by atoms with van der Waals surface area (Å²) >= 11 is 0. The number of pyridine rings is 1. The van der Waals surface area contributed by atoms with Gasteiger partial charge in [0.2, 0.25) is 0 Å². The fraction of sp³-hybridized carbons (Fsp3) is 0.400. The number of carbonyl (C=O) groups is 1. The predicted molar refractivity (Wildman–Crippen MR) is 99.1 cm³/mol. The van der Waals surface area contributed by atoms with Gasteiger partial charge in [-0.2, -0.15) is 0 Å². The maximum atomic E-state index is 12.2. The second kappa shape index (κ2) is 8.62. The Bertz CT molecular complexity index is 677. The SMILES string of the molecule is CCOc1ccc(C(=O)Nc2ccc(CC[C@H]3CCCN3)cc2)nc1. The molecule has 1 atom stereocenters. The zero-order valence-electron chi connectivity index (χ0n) is 14.6.